The van der Waals surface area contributed by atoms with Crippen molar-refractivity contribution in [2.75, 3.05) is 13.1 Å². The summed E-state index contributed by atoms with van der Waals surface area (Å²) in [6, 6.07) is 12.0. The van der Waals surface area contributed by atoms with Crippen LogP contribution in [0.1, 0.15) is 28.4 Å². The Bertz CT molecular complexity index is 1150. The molecule has 1 aromatic carbocycles. The summed E-state index contributed by atoms with van der Waals surface area (Å²) in [5.74, 6) is 1.26. The fraction of sp³-hybridized carbons (Fsp3) is 0.364. The van der Waals surface area contributed by atoms with Gasteiger partial charge >= 0.3 is 11.1 Å². The first-order chi connectivity index (χ1) is 14.1. The zero-order valence-electron chi connectivity index (χ0n) is 16.4. The van der Waals surface area contributed by atoms with Gasteiger partial charge in [-0.3, -0.25) is 24.0 Å². The van der Waals surface area contributed by atoms with E-state index in [4.69, 9.17) is 0 Å². The van der Waals surface area contributed by atoms with E-state index in [1.165, 1.54) is 10.2 Å². The van der Waals surface area contributed by atoms with Gasteiger partial charge in [0.25, 0.3) is 0 Å². The van der Waals surface area contributed by atoms with Gasteiger partial charge in [0.15, 0.2) is 0 Å². The van der Waals surface area contributed by atoms with Gasteiger partial charge in [0.2, 0.25) is 0 Å². The molecule has 148 valence electrons. The molecule has 7 heteroatoms. The van der Waals surface area contributed by atoms with E-state index in [1.54, 1.807) is 10.8 Å². The third-order valence-electron chi connectivity index (χ3n) is 6.01. The summed E-state index contributed by atoms with van der Waals surface area (Å²) in [6.07, 6.45) is 3.67. The standard InChI is InChI=1S/C22H23N5O2/c1-15-4-6-16(7-5-15)11-27-22(29)21(28)26-13-18-12-25(14-19(18)20(26)24-27)10-17-3-2-8-23-9-17/h2-9,18-19H,10-14H2,1H3. The minimum atomic E-state index is -0.540. The Morgan fingerprint density at radius 3 is 2.55 bits per heavy atom. The molecule has 5 rings (SSSR count). The number of fused-ring (bicyclic) bond motifs is 3. The predicted molar refractivity (Wildman–Crippen MR) is 109 cm³/mol. The molecule has 2 unspecified atom stereocenters. The minimum Gasteiger partial charge on any atom is -0.298 e. The normalized spacial score (nSPS) is 20.6. The monoisotopic (exact) mass is 389 g/mol. The summed E-state index contributed by atoms with van der Waals surface area (Å²) in [4.78, 5) is 31.8. The Labute approximate surface area is 168 Å². The second-order valence-corrected chi connectivity index (χ2v) is 8.14. The zero-order chi connectivity index (χ0) is 20.0. The molecule has 0 N–H and O–H groups in total. The predicted octanol–water partition coefficient (Wildman–Crippen LogP) is 1.39. The van der Waals surface area contributed by atoms with Gasteiger partial charge in [0.05, 0.1) is 6.54 Å². The average molecular weight is 389 g/mol. The largest absolute Gasteiger partial charge is 0.332 e. The maximum Gasteiger partial charge on any atom is 0.332 e. The van der Waals surface area contributed by atoms with Crippen LogP contribution in [0.5, 0.6) is 0 Å². The molecule has 0 aliphatic carbocycles. The highest BCUT2D eigenvalue weighted by molar-refractivity contribution is 5.21. The van der Waals surface area contributed by atoms with Gasteiger partial charge in [0, 0.05) is 50.4 Å². The van der Waals surface area contributed by atoms with Gasteiger partial charge < -0.3 is 0 Å². The van der Waals surface area contributed by atoms with E-state index in [-0.39, 0.29) is 5.92 Å². The lowest BCUT2D eigenvalue weighted by molar-refractivity contribution is 0.303. The van der Waals surface area contributed by atoms with E-state index >= 15 is 0 Å². The van der Waals surface area contributed by atoms with Crippen LogP contribution < -0.4 is 11.1 Å². The quantitative estimate of drug-likeness (QED) is 0.631. The molecule has 2 atom stereocenters. The van der Waals surface area contributed by atoms with Crippen molar-refractivity contribution in [3.63, 3.8) is 0 Å². The third-order valence-corrected chi connectivity index (χ3v) is 6.01. The number of hydrogen-bond donors (Lipinski definition) is 0. The Hall–Kier alpha value is -3.06. The summed E-state index contributed by atoms with van der Waals surface area (Å²) in [7, 11) is 0. The summed E-state index contributed by atoms with van der Waals surface area (Å²) in [5, 5.41) is 4.64. The molecule has 29 heavy (non-hydrogen) atoms. The van der Waals surface area contributed by atoms with Gasteiger partial charge in [-0.1, -0.05) is 35.9 Å². The van der Waals surface area contributed by atoms with Crippen LogP contribution in [-0.2, 0) is 19.6 Å². The first-order valence-corrected chi connectivity index (χ1v) is 9.97. The van der Waals surface area contributed by atoms with Crippen molar-refractivity contribution >= 4 is 0 Å². The Morgan fingerprint density at radius 1 is 0.966 bits per heavy atom. The Morgan fingerprint density at radius 2 is 1.79 bits per heavy atom. The number of hydrogen-bond acceptors (Lipinski definition) is 5. The average Bonchev–Trinajstić information content (AvgIpc) is 3.26. The van der Waals surface area contributed by atoms with Crippen molar-refractivity contribution in [3.8, 4) is 0 Å². The molecule has 4 heterocycles. The van der Waals surface area contributed by atoms with Gasteiger partial charge in [0.1, 0.15) is 5.82 Å². The summed E-state index contributed by atoms with van der Waals surface area (Å²) < 4.78 is 2.94. The lowest BCUT2D eigenvalue weighted by Crippen LogP contribution is -2.44. The second kappa shape index (κ2) is 7.08. The molecule has 3 aromatic rings. The van der Waals surface area contributed by atoms with Gasteiger partial charge in [-0.05, 0) is 24.1 Å². The number of likely N-dealkylation sites (tertiary alicyclic amines) is 1. The van der Waals surface area contributed by atoms with Crippen LogP contribution in [0.15, 0.2) is 58.4 Å². The SMILES string of the molecule is Cc1ccc(Cn2nc3n(c(=O)c2=O)CC2CN(Cc4cccnc4)CC32)cc1. The summed E-state index contributed by atoms with van der Waals surface area (Å²) >= 11 is 0. The van der Waals surface area contributed by atoms with E-state index in [9.17, 15) is 9.59 Å². The van der Waals surface area contributed by atoms with Crippen molar-refractivity contribution in [2.24, 2.45) is 5.92 Å². The molecule has 2 aromatic heterocycles. The molecular formula is C22H23N5O2. The van der Waals surface area contributed by atoms with Gasteiger partial charge in [-0.25, -0.2) is 4.68 Å². The first-order valence-electron chi connectivity index (χ1n) is 9.97. The second-order valence-electron chi connectivity index (χ2n) is 8.14. The number of rotatable bonds is 4. The highest BCUT2D eigenvalue weighted by Gasteiger charge is 2.42. The topological polar surface area (TPSA) is 73.0 Å². The highest BCUT2D eigenvalue weighted by Crippen LogP contribution is 2.37. The maximum atomic E-state index is 12.7. The van der Waals surface area contributed by atoms with Crippen molar-refractivity contribution in [3.05, 3.63) is 92.0 Å². The molecule has 1 saturated heterocycles. The van der Waals surface area contributed by atoms with Crippen LogP contribution in [0.4, 0.5) is 0 Å². The Balaban J connectivity index is 1.41. The van der Waals surface area contributed by atoms with E-state index in [0.29, 0.717) is 19.0 Å². The smallest absolute Gasteiger partial charge is 0.298 e. The van der Waals surface area contributed by atoms with Crippen molar-refractivity contribution < 1.29 is 0 Å². The fourth-order valence-corrected chi connectivity index (χ4v) is 4.53. The van der Waals surface area contributed by atoms with E-state index < -0.39 is 11.1 Å². The number of benzene rings is 1. The third kappa shape index (κ3) is 3.31. The van der Waals surface area contributed by atoms with Crippen LogP contribution in [0.25, 0.3) is 0 Å². The number of aromatic nitrogens is 4. The highest BCUT2D eigenvalue weighted by atomic mass is 16.2. The molecule has 0 spiro atoms. The molecule has 2 aliphatic rings. The summed E-state index contributed by atoms with van der Waals surface area (Å²) in [5.41, 5.74) is 2.32. The van der Waals surface area contributed by atoms with Crippen LogP contribution in [0.2, 0.25) is 0 Å². The van der Waals surface area contributed by atoms with E-state index in [1.807, 2.05) is 43.5 Å². The van der Waals surface area contributed by atoms with Crippen LogP contribution >= 0.6 is 0 Å². The molecule has 7 nitrogen and oxygen atoms in total. The molecule has 0 saturated carbocycles. The molecular weight excluding hydrogens is 366 g/mol. The number of aryl methyl sites for hydroxylation is 1. The van der Waals surface area contributed by atoms with Crippen molar-refractivity contribution in [1.29, 1.82) is 0 Å². The number of nitrogens with zero attached hydrogens (tertiary/aromatic N) is 5. The first kappa shape index (κ1) is 18.0. The van der Waals surface area contributed by atoms with E-state index in [0.717, 1.165) is 36.6 Å². The maximum absolute atomic E-state index is 12.7. The fourth-order valence-electron chi connectivity index (χ4n) is 4.53. The number of pyridine rings is 1. The summed E-state index contributed by atoms with van der Waals surface area (Å²) in [6.45, 7) is 5.50. The Kier molecular flexibility index (Phi) is 4.39. The van der Waals surface area contributed by atoms with Crippen molar-refractivity contribution in [2.45, 2.75) is 32.5 Å². The lowest BCUT2D eigenvalue weighted by atomic mass is 10.00. The van der Waals surface area contributed by atoms with Crippen LogP contribution in [0.3, 0.4) is 0 Å². The minimum absolute atomic E-state index is 0.184. The molecule has 0 amide bonds. The van der Waals surface area contributed by atoms with Gasteiger partial charge in [-0.15, -0.1) is 0 Å². The van der Waals surface area contributed by atoms with Gasteiger partial charge in [-0.2, -0.15) is 5.10 Å². The van der Waals surface area contributed by atoms with Crippen molar-refractivity contribution in [1.82, 2.24) is 24.2 Å². The molecule has 2 aliphatic heterocycles. The molecule has 0 radical (unpaired) electrons. The van der Waals surface area contributed by atoms with Crippen LogP contribution in [0, 0.1) is 12.8 Å². The van der Waals surface area contributed by atoms with Crippen LogP contribution in [-0.4, -0.2) is 37.3 Å². The lowest BCUT2D eigenvalue weighted by Gasteiger charge is -2.17. The van der Waals surface area contributed by atoms with E-state index in [2.05, 4.69) is 21.0 Å². The zero-order valence-corrected chi connectivity index (χ0v) is 16.4. The molecule has 0 bridgehead atoms. The molecule has 1 fully saturated rings.